The Kier molecular flexibility index (Phi) is 8.92. The number of benzene rings is 3. The van der Waals surface area contributed by atoms with Crippen LogP contribution in [-0.2, 0) is 20.7 Å². The van der Waals surface area contributed by atoms with Gasteiger partial charge in [-0.3, -0.25) is 4.79 Å². The van der Waals surface area contributed by atoms with Gasteiger partial charge in [-0.15, -0.1) is 0 Å². The Morgan fingerprint density at radius 3 is 2.33 bits per heavy atom. The molecule has 36 heavy (non-hydrogen) atoms. The minimum absolute atomic E-state index is 0.0351. The standard InChI is InChI=1S/C31H34N2O3/c1-2-36-30(35)20-19-24-15-17-25(18-16-24)23-29(34)32-31(26-11-5-3-6-12-26)27-13-7-8-14-28(27)33-21-9-4-10-22-33/h3,5-8,11-20,31H,2,4,9-10,21-23H2,1H3,(H,32,34). The van der Waals surface area contributed by atoms with E-state index in [1.807, 2.05) is 48.5 Å². The molecule has 3 aromatic carbocycles. The van der Waals surface area contributed by atoms with Crippen molar-refractivity contribution >= 4 is 23.6 Å². The van der Waals surface area contributed by atoms with Gasteiger partial charge in [0, 0.05) is 30.4 Å². The number of rotatable bonds is 9. The zero-order valence-electron chi connectivity index (χ0n) is 20.9. The van der Waals surface area contributed by atoms with Crippen LogP contribution in [0.2, 0.25) is 0 Å². The Bertz CT molecular complexity index is 1170. The molecule has 4 rings (SSSR count). The summed E-state index contributed by atoms with van der Waals surface area (Å²) >= 11 is 0. The first-order chi connectivity index (χ1) is 17.6. The molecule has 186 valence electrons. The number of amides is 1. The summed E-state index contributed by atoms with van der Waals surface area (Å²) in [5, 5.41) is 3.31. The topological polar surface area (TPSA) is 58.6 Å². The van der Waals surface area contributed by atoms with Crippen molar-refractivity contribution in [3.8, 4) is 0 Å². The average molecular weight is 483 g/mol. The van der Waals surface area contributed by atoms with Crippen LogP contribution in [0.25, 0.3) is 6.08 Å². The molecule has 5 heteroatoms. The molecule has 1 heterocycles. The van der Waals surface area contributed by atoms with Crippen molar-refractivity contribution < 1.29 is 14.3 Å². The second-order valence-electron chi connectivity index (χ2n) is 9.02. The molecule has 1 N–H and O–H groups in total. The highest BCUT2D eigenvalue weighted by Crippen LogP contribution is 2.32. The molecule has 1 saturated heterocycles. The third kappa shape index (κ3) is 6.85. The predicted molar refractivity (Wildman–Crippen MR) is 145 cm³/mol. The van der Waals surface area contributed by atoms with Gasteiger partial charge >= 0.3 is 5.97 Å². The van der Waals surface area contributed by atoms with Crippen LogP contribution in [0.3, 0.4) is 0 Å². The van der Waals surface area contributed by atoms with Gasteiger partial charge in [-0.25, -0.2) is 4.79 Å². The average Bonchev–Trinajstić information content (AvgIpc) is 2.92. The maximum absolute atomic E-state index is 13.2. The van der Waals surface area contributed by atoms with Crippen molar-refractivity contribution in [1.29, 1.82) is 0 Å². The van der Waals surface area contributed by atoms with Crippen LogP contribution < -0.4 is 10.2 Å². The molecule has 1 amide bonds. The maximum Gasteiger partial charge on any atom is 0.330 e. The van der Waals surface area contributed by atoms with Gasteiger partial charge in [0.25, 0.3) is 0 Å². The van der Waals surface area contributed by atoms with Crippen LogP contribution in [-0.4, -0.2) is 31.6 Å². The number of ether oxygens (including phenoxy) is 1. The number of anilines is 1. The minimum Gasteiger partial charge on any atom is -0.463 e. The summed E-state index contributed by atoms with van der Waals surface area (Å²) in [5.74, 6) is -0.398. The Labute approximate surface area is 213 Å². The minimum atomic E-state index is -0.363. The lowest BCUT2D eigenvalue weighted by Crippen LogP contribution is -2.34. The summed E-state index contributed by atoms with van der Waals surface area (Å²) in [6.07, 6.45) is 7.07. The van der Waals surface area contributed by atoms with E-state index in [0.717, 1.165) is 35.3 Å². The van der Waals surface area contributed by atoms with E-state index in [-0.39, 0.29) is 24.3 Å². The van der Waals surface area contributed by atoms with Crippen molar-refractivity contribution in [2.45, 2.75) is 38.6 Å². The number of carbonyl (C=O) groups is 2. The molecule has 0 bridgehead atoms. The molecule has 5 nitrogen and oxygen atoms in total. The molecule has 1 fully saturated rings. The molecule has 1 atom stereocenters. The number of carbonyl (C=O) groups excluding carboxylic acids is 2. The maximum atomic E-state index is 13.2. The third-order valence-corrected chi connectivity index (χ3v) is 6.43. The summed E-state index contributed by atoms with van der Waals surface area (Å²) in [6, 6.07) is 26.0. The van der Waals surface area contributed by atoms with Gasteiger partial charge in [-0.05, 0) is 55.0 Å². The van der Waals surface area contributed by atoms with Crippen molar-refractivity contribution in [3.05, 3.63) is 107 Å². The monoisotopic (exact) mass is 482 g/mol. The van der Waals surface area contributed by atoms with Crippen LogP contribution in [0.5, 0.6) is 0 Å². The number of esters is 1. The van der Waals surface area contributed by atoms with Gasteiger partial charge in [0.1, 0.15) is 0 Å². The number of nitrogens with one attached hydrogen (secondary N) is 1. The number of piperidine rings is 1. The quantitative estimate of drug-likeness (QED) is 0.314. The molecule has 3 aromatic rings. The Morgan fingerprint density at radius 1 is 0.917 bits per heavy atom. The molecular formula is C31H34N2O3. The molecule has 1 unspecified atom stereocenters. The highest BCUT2D eigenvalue weighted by molar-refractivity contribution is 5.87. The predicted octanol–water partition coefficient (Wildman–Crippen LogP) is 5.70. The fourth-order valence-corrected chi connectivity index (χ4v) is 4.64. The lowest BCUT2D eigenvalue weighted by Gasteiger charge is -2.33. The molecule has 0 radical (unpaired) electrons. The van der Waals surface area contributed by atoms with Crippen LogP contribution in [0.15, 0.2) is 84.9 Å². The SMILES string of the molecule is CCOC(=O)C=Cc1ccc(CC(=O)NC(c2ccccc2)c2ccccc2N2CCCCC2)cc1. The first-order valence-corrected chi connectivity index (χ1v) is 12.8. The van der Waals surface area contributed by atoms with Crippen LogP contribution in [0.4, 0.5) is 5.69 Å². The van der Waals surface area contributed by atoms with Gasteiger partial charge in [0.2, 0.25) is 5.91 Å². The Hall–Kier alpha value is -3.86. The third-order valence-electron chi connectivity index (χ3n) is 6.43. The molecule has 0 aromatic heterocycles. The first kappa shape index (κ1) is 25.2. The largest absolute Gasteiger partial charge is 0.463 e. The Morgan fingerprint density at radius 2 is 1.61 bits per heavy atom. The normalized spacial score (nSPS) is 14.4. The molecule has 1 aliphatic rings. The van der Waals surface area contributed by atoms with Gasteiger partial charge < -0.3 is 15.0 Å². The van der Waals surface area contributed by atoms with Gasteiger partial charge in [0.05, 0.1) is 19.1 Å². The smallest absolute Gasteiger partial charge is 0.330 e. The van der Waals surface area contributed by atoms with E-state index in [9.17, 15) is 9.59 Å². The number of nitrogens with zero attached hydrogens (tertiary/aromatic N) is 1. The van der Waals surface area contributed by atoms with Gasteiger partial charge in [0.15, 0.2) is 0 Å². The zero-order chi connectivity index (χ0) is 25.2. The summed E-state index contributed by atoms with van der Waals surface area (Å²) in [4.78, 5) is 27.2. The van der Waals surface area contributed by atoms with Crippen molar-refractivity contribution in [2.24, 2.45) is 0 Å². The molecule has 0 spiro atoms. The summed E-state index contributed by atoms with van der Waals surface area (Å²) < 4.78 is 4.92. The number of hydrogen-bond acceptors (Lipinski definition) is 4. The van der Waals surface area contributed by atoms with Crippen LogP contribution >= 0.6 is 0 Å². The summed E-state index contributed by atoms with van der Waals surface area (Å²) in [5.41, 5.74) is 5.18. The summed E-state index contributed by atoms with van der Waals surface area (Å²) in [7, 11) is 0. The molecule has 0 aliphatic carbocycles. The number of para-hydroxylation sites is 1. The lowest BCUT2D eigenvalue weighted by atomic mass is 9.95. The molecule has 0 saturated carbocycles. The molecule has 1 aliphatic heterocycles. The van der Waals surface area contributed by atoms with E-state index >= 15 is 0 Å². The van der Waals surface area contributed by atoms with E-state index in [4.69, 9.17) is 4.74 Å². The van der Waals surface area contributed by atoms with Crippen LogP contribution in [0, 0.1) is 0 Å². The second kappa shape index (κ2) is 12.7. The summed E-state index contributed by atoms with van der Waals surface area (Å²) in [6.45, 7) is 4.22. The van der Waals surface area contributed by atoms with Crippen molar-refractivity contribution in [3.63, 3.8) is 0 Å². The van der Waals surface area contributed by atoms with E-state index in [0.29, 0.717) is 6.61 Å². The van der Waals surface area contributed by atoms with E-state index < -0.39 is 0 Å². The fourth-order valence-electron chi connectivity index (χ4n) is 4.64. The van der Waals surface area contributed by atoms with E-state index in [2.05, 4.69) is 40.5 Å². The second-order valence-corrected chi connectivity index (χ2v) is 9.02. The van der Waals surface area contributed by atoms with Gasteiger partial charge in [-0.2, -0.15) is 0 Å². The van der Waals surface area contributed by atoms with Gasteiger partial charge in [-0.1, -0.05) is 72.8 Å². The van der Waals surface area contributed by atoms with Crippen molar-refractivity contribution in [1.82, 2.24) is 5.32 Å². The van der Waals surface area contributed by atoms with E-state index in [1.165, 1.54) is 31.0 Å². The zero-order valence-corrected chi connectivity index (χ0v) is 20.9. The van der Waals surface area contributed by atoms with E-state index in [1.54, 1.807) is 13.0 Å². The highest BCUT2D eigenvalue weighted by Gasteiger charge is 2.23. The van der Waals surface area contributed by atoms with Crippen LogP contribution in [0.1, 0.15) is 54.5 Å². The first-order valence-electron chi connectivity index (χ1n) is 12.8. The van der Waals surface area contributed by atoms with Crippen molar-refractivity contribution in [2.75, 3.05) is 24.6 Å². The molecular weight excluding hydrogens is 448 g/mol. The highest BCUT2D eigenvalue weighted by atomic mass is 16.5. The Balaban J connectivity index is 1.51. The lowest BCUT2D eigenvalue weighted by molar-refractivity contribution is -0.137. The fraction of sp³-hybridized carbons (Fsp3) is 0.290. The number of hydrogen-bond donors (Lipinski definition) is 1.